The SMILES string of the molecule is N#Cc1cc(F)cc(C(=O)Cl)c1Cl. The average molecular weight is 218 g/mol. The van der Waals surface area contributed by atoms with Gasteiger partial charge in [0.15, 0.2) is 0 Å². The van der Waals surface area contributed by atoms with Gasteiger partial charge in [-0.3, -0.25) is 4.79 Å². The van der Waals surface area contributed by atoms with Crippen LogP contribution in [0.5, 0.6) is 0 Å². The summed E-state index contributed by atoms with van der Waals surface area (Å²) in [6.45, 7) is 0. The molecule has 5 heteroatoms. The third-order valence-corrected chi connectivity index (χ3v) is 1.98. The molecule has 66 valence electrons. The van der Waals surface area contributed by atoms with Gasteiger partial charge in [-0.2, -0.15) is 5.26 Å². The van der Waals surface area contributed by atoms with Crippen LogP contribution in [0.3, 0.4) is 0 Å². The van der Waals surface area contributed by atoms with Crippen molar-refractivity contribution in [3.8, 4) is 6.07 Å². The van der Waals surface area contributed by atoms with Crippen LogP contribution in [-0.2, 0) is 0 Å². The number of nitrogens with zero attached hydrogens (tertiary/aromatic N) is 1. The lowest BCUT2D eigenvalue weighted by Crippen LogP contribution is -1.94. The third-order valence-electron chi connectivity index (χ3n) is 1.37. The summed E-state index contributed by atoms with van der Waals surface area (Å²) in [7, 11) is 0. The Morgan fingerprint density at radius 3 is 2.62 bits per heavy atom. The zero-order valence-corrected chi connectivity index (χ0v) is 7.66. The van der Waals surface area contributed by atoms with Crippen LogP contribution in [0.4, 0.5) is 4.39 Å². The van der Waals surface area contributed by atoms with E-state index in [4.69, 9.17) is 28.5 Å². The summed E-state index contributed by atoms with van der Waals surface area (Å²) < 4.78 is 12.7. The zero-order valence-electron chi connectivity index (χ0n) is 6.14. The summed E-state index contributed by atoms with van der Waals surface area (Å²) in [5.74, 6) is -0.718. The molecule has 0 unspecified atom stereocenters. The topological polar surface area (TPSA) is 40.9 Å². The molecule has 1 aromatic rings. The number of hydrogen-bond donors (Lipinski definition) is 0. The van der Waals surface area contributed by atoms with Gasteiger partial charge >= 0.3 is 0 Å². The second kappa shape index (κ2) is 3.73. The van der Waals surface area contributed by atoms with Crippen molar-refractivity contribution in [2.75, 3.05) is 0 Å². The minimum Gasteiger partial charge on any atom is -0.276 e. The standard InChI is InChI=1S/C8H2Cl2FNO/c9-7-4(3-12)1-5(11)2-6(7)8(10)13/h1-2H. The van der Waals surface area contributed by atoms with Gasteiger partial charge in [-0.1, -0.05) is 11.6 Å². The highest BCUT2D eigenvalue weighted by Crippen LogP contribution is 2.23. The Bertz CT molecular complexity index is 411. The van der Waals surface area contributed by atoms with E-state index in [2.05, 4.69) is 0 Å². The van der Waals surface area contributed by atoms with E-state index in [1.807, 2.05) is 0 Å². The molecule has 1 rings (SSSR count). The van der Waals surface area contributed by atoms with E-state index >= 15 is 0 Å². The fourth-order valence-electron chi connectivity index (χ4n) is 0.814. The monoisotopic (exact) mass is 217 g/mol. The molecule has 0 bridgehead atoms. The predicted molar refractivity (Wildman–Crippen MR) is 46.3 cm³/mol. The number of benzene rings is 1. The first-order chi connectivity index (χ1) is 6.06. The molecule has 1 aromatic carbocycles. The largest absolute Gasteiger partial charge is 0.276 e. The van der Waals surface area contributed by atoms with Gasteiger partial charge in [-0.15, -0.1) is 0 Å². The zero-order chi connectivity index (χ0) is 10.0. The summed E-state index contributed by atoms with van der Waals surface area (Å²) in [6.07, 6.45) is 0. The van der Waals surface area contributed by atoms with Gasteiger partial charge in [-0.25, -0.2) is 4.39 Å². The van der Waals surface area contributed by atoms with E-state index in [0.29, 0.717) is 0 Å². The summed E-state index contributed by atoms with van der Waals surface area (Å²) in [6, 6.07) is 3.47. The van der Waals surface area contributed by atoms with Crippen molar-refractivity contribution < 1.29 is 9.18 Å². The molecule has 0 amide bonds. The second-order valence-electron chi connectivity index (χ2n) is 2.20. The first-order valence-corrected chi connectivity index (χ1v) is 3.91. The molecular weight excluding hydrogens is 216 g/mol. The van der Waals surface area contributed by atoms with Crippen LogP contribution in [0, 0.1) is 17.1 Å². The molecule has 0 saturated heterocycles. The first-order valence-electron chi connectivity index (χ1n) is 3.15. The molecule has 0 radical (unpaired) electrons. The third kappa shape index (κ3) is 1.97. The van der Waals surface area contributed by atoms with Crippen LogP contribution in [0.15, 0.2) is 12.1 Å². The Labute approximate surface area is 83.5 Å². The fraction of sp³-hybridized carbons (Fsp3) is 0. The van der Waals surface area contributed by atoms with Crippen molar-refractivity contribution in [2.45, 2.75) is 0 Å². The molecule has 0 aliphatic heterocycles. The van der Waals surface area contributed by atoms with Crippen molar-refractivity contribution in [3.63, 3.8) is 0 Å². The van der Waals surface area contributed by atoms with Crippen LogP contribution in [-0.4, -0.2) is 5.24 Å². The van der Waals surface area contributed by atoms with E-state index < -0.39 is 11.1 Å². The number of carbonyl (C=O) groups excluding carboxylic acids is 1. The lowest BCUT2D eigenvalue weighted by Gasteiger charge is -2.00. The number of nitriles is 1. The summed E-state index contributed by atoms with van der Waals surface area (Å²) >= 11 is 10.7. The van der Waals surface area contributed by atoms with Crippen LogP contribution in [0.1, 0.15) is 15.9 Å². The van der Waals surface area contributed by atoms with Gasteiger partial charge in [0.25, 0.3) is 5.24 Å². The molecule has 0 spiro atoms. The average Bonchev–Trinajstić information content (AvgIpc) is 2.08. The van der Waals surface area contributed by atoms with E-state index in [1.54, 1.807) is 6.07 Å². The summed E-state index contributed by atoms with van der Waals surface area (Å²) in [5, 5.41) is 7.48. The fourth-order valence-corrected chi connectivity index (χ4v) is 1.25. The van der Waals surface area contributed by atoms with Gasteiger partial charge in [0.2, 0.25) is 0 Å². The highest BCUT2D eigenvalue weighted by molar-refractivity contribution is 6.68. The van der Waals surface area contributed by atoms with Gasteiger partial charge < -0.3 is 0 Å². The number of rotatable bonds is 1. The van der Waals surface area contributed by atoms with Crippen molar-refractivity contribution in [3.05, 3.63) is 34.1 Å². The van der Waals surface area contributed by atoms with E-state index in [0.717, 1.165) is 12.1 Å². The van der Waals surface area contributed by atoms with Crippen LogP contribution >= 0.6 is 23.2 Å². The van der Waals surface area contributed by atoms with Crippen molar-refractivity contribution in [1.29, 1.82) is 5.26 Å². The molecule has 0 heterocycles. The van der Waals surface area contributed by atoms with E-state index in [9.17, 15) is 9.18 Å². The Morgan fingerprint density at radius 2 is 2.15 bits per heavy atom. The second-order valence-corrected chi connectivity index (χ2v) is 2.92. The Hall–Kier alpha value is -1.11. The maximum Gasteiger partial charge on any atom is 0.254 e. The molecule has 13 heavy (non-hydrogen) atoms. The molecule has 0 aliphatic carbocycles. The number of halogens is 3. The highest BCUT2D eigenvalue weighted by Gasteiger charge is 2.13. The Morgan fingerprint density at radius 1 is 1.54 bits per heavy atom. The van der Waals surface area contributed by atoms with E-state index in [-0.39, 0.29) is 16.1 Å². The van der Waals surface area contributed by atoms with Crippen LogP contribution in [0.25, 0.3) is 0 Å². The van der Waals surface area contributed by atoms with Gasteiger partial charge in [0.05, 0.1) is 16.1 Å². The molecule has 0 atom stereocenters. The maximum absolute atomic E-state index is 12.7. The quantitative estimate of drug-likeness (QED) is 0.680. The first kappa shape index (κ1) is 9.97. The van der Waals surface area contributed by atoms with Crippen molar-refractivity contribution in [2.24, 2.45) is 0 Å². The predicted octanol–water partition coefficient (Wildman–Crippen LogP) is 2.73. The molecule has 0 N–H and O–H groups in total. The minimum atomic E-state index is -0.888. The molecular formula is C8H2Cl2FNO. The molecule has 2 nitrogen and oxygen atoms in total. The minimum absolute atomic E-state index is 0.106. The van der Waals surface area contributed by atoms with Crippen LogP contribution in [0.2, 0.25) is 5.02 Å². The molecule has 0 fully saturated rings. The summed E-state index contributed by atoms with van der Waals surface area (Å²) in [4.78, 5) is 10.7. The van der Waals surface area contributed by atoms with Gasteiger partial charge in [-0.05, 0) is 23.7 Å². The van der Waals surface area contributed by atoms with Gasteiger partial charge in [0, 0.05) is 0 Å². The number of carbonyl (C=O) groups is 1. The Kier molecular flexibility index (Phi) is 2.86. The summed E-state index contributed by atoms with van der Waals surface area (Å²) in [5.41, 5.74) is -0.300. The molecule has 0 aromatic heterocycles. The van der Waals surface area contributed by atoms with Gasteiger partial charge in [0.1, 0.15) is 11.9 Å². The van der Waals surface area contributed by atoms with E-state index in [1.165, 1.54) is 0 Å². The molecule has 0 aliphatic rings. The normalized spacial score (nSPS) is 9.38. The van der Waals surface area contributed by atoms with Crippen LogP contribution < -0.4 is 0 Å². The Balaban J connectivity index is 3.47. The number of hydrogen-bond acceptors (Lipinski definition) is 2. The highest BCUT2D eigenvalue weighted by atomic mass is 35.5. The lowest BCUT2D eigenvalue weighted by molar-refractivity contribution is 0.108. The molecule has 0 saturated carbocycles. The van der Waals surface area contributed by atoms with Crippen molar-refractivity contribution in [1.82, 2.24) is 0 Å². The lowest BCUT2D eigenvalue weighted by atomic mass is 10.1. The maximum atomic E-state index is 12.7. The van der Waals surface area contributed by atoms with Crippen molar-refractivity contribution >= 4 is 28.4 Å². The smallest absolute Gasteiger partial charge is 0.254 e.